The van der Waals surface area contributed by atoms with Crippen LogP contribution < -0.4 is 0 Å². The van der Waals surface area contributed by atoms with Gasteiger partial charge in [0, 0.05) is 11.4 Å². The average Bonchev–Trinajstić information content (AvgIpc) is 2.09. The van der Waals surface area contributed by atoms with Gasteiger partial charge in [-0.05, 0) is 31.0 Å². The Morgan fingerprint density at radius 3 is 2.67 bits per heavy atom. The maximum atomic E-state index is 12.8. The van der Waals surface area contributed by atoms with Crippen molar-refractivity contribution in [3.63, 3.8) is 0 Å². The van der Waals surface area contributed by atoms with Crippen molar-refractivity contribution in [1.29, 1.82) is 0 Å². The topological polar surface area (TPSA) is 20.2 Å². The lowest BCUT2D eigenvalue weighted by molar-refractivity contribution is 0.0505. The predicted molar refractivity (Wildman–Crippen MR) is 60.6 cm³/mol. The van der Waals surface area contributed by atoms with Crippen molar-refractivity contribution in [2.24, 2.45) is 0 Å². The Morgan fingerprint density at radius 2 is 2.13 bits per heavy atom. The zero-order chi connectivity index (χ0) is 11.5. The van der Waals surface area contributed by atoms with Gasteiger partial charge in [-0.1, -0.05) is 31.0 Å². The molecule has 0 aliphatic heterocycles. The molecule has 1 atom stereocenters. The van der Waals surface area contributed by atoms with Crippen molar-refractivity contribution in [2.45, 2.75) is 38.7 Å². The van der Waals surface area contributed by atoms with Gasteiger partial charge in [0.25, 0.3) is 0 Å². The number of rotatable bonds is 4. The van der Waals surface area contributed by atoms with Crippen LogP contribution in [0.4, 0.5) is 4.39 Å². The smallest absolute Gasteiger partial charge is 0.124 e. The Kier molecular flexibility index (Phi) is 4.12. The van der Waals surface area contributed by atoms with Crippen LogP contribution in [0, 0.1) is 5.82 Å². The van der Waals surface area contributed by atoms with Gasteiger partial charge < -0.3 is 5.11 Å². The quantitative estimate of drug-likeness (QED) is 0.839. The van der Waals surface area contributed by atoms with E-state index in [2.05, 4.69) is 0 Å². The zero-order valence-corrected chi connectivity index (χ0v) is 9.81. The molecule has 0 spiro atoms. The molecule has 0 radical (unpaired) electrons. The minimum Gasteiger partial charge on any atom is -0.390 e. The molecular formula is C12H16ClFO. The van der Waals surface area contributed by atoms with E-state index in [0.717, 1.165) is 12.0 Å². The Morgan fingerprint density at radius 1 is 1.47 bits per heavy atom. The van der Waals surface area contributed by atoms with Crippen LogP contribution in [0.2, 0.25) is 5.02 Å². The van der Waals surface area contributed by atoms with Crippen LogP contribution in [-0.4, -0.2) is 10.7 Å². The summed E-state index contributed by atoms with van der Waals surface area (Å²) in [6, 6.07) is 4.27. The molecule has 1 unspecified atom stereocenters. The van der Waals surface area contributed by atoms with Crippen molar-refractivity contribution >= 4 is 11.6 Å². The van der Waals surface area contributed by atoms with Gasteiger partial charge >= 0.3 is 0 Å². The van der Waals surface area contributed by atoms with Crippen LogP contribution in [-0.2, 0) is 6.42 Å². The first-order valence-corrected chi connectivity index (χ1v) is 5.49. The lowest BCUT2D eigenvalue weighted by Crippen LogP contribution is -2.26. The minimum atomic E-state index is -0.768. The van der Waals surface area contributed by atoms with Crippen LogP contribution in [0.1, 0.15) is 32.3 Å². The van der Waals surface area contributed by atoms with Gasteiger partial charge in [-0.15, -0.1) is 0 Å². The molecule has 0 saturated carbocycles. The molecule has 0 bridgehead atoms. The van der Waals surface area contributed by atoms with E-state index >= 15 is 0 Å². The second kappa shape index (κ2) is 4.95. The SMILES string of the molecule is CCCC(C)(O)Cc1ccc(F)cc1Cl. The van der Waals surface area contributed by atoms with E-state index in [9.17, 15) is 9.50 Å². The van der Waals surface area contributed by atoms with Gasteiger partial charge in [-0.2, -0.15) is 0 Å². The van der Waals surface area contributed by atoms with Crippen LogP contribution in [0.3, 0.4) is 0 Å². The third-order valence-corrected chi connectivity index (χ3v) is 2.73. The van der Waals surface area contributed by atoms with Crippen molar-refractivity contribution < 1.29 is 9.50 Å². The minimum absolute atomic E-state index is 0.348. The first kappa shape index (κ1) is 12.5. The number of benzene rings is 1. The average molecular weight is 231 g/mol. The number of hydrogen-bond donors (Lipinski definition) is 1. The van der Waals surface area contributed by atoms with E-state index in [1.54, 1.807) is 13.0 Å². The molecule has 1 rings (SSSR count). The highest BCUT2D eigenvalue weighted by Crippen LogP contribution is 2.24. The summed E-state index contributed by atoms with van der Waals surface area (Å²) in [5, 5.41) is 10.4. The highest BCUT2D eigenvalue weighted by atomic mass is 35.5. The summed E-state index contributed by atoms with van der Waals surface area (Å²) < 4.78 is 12.8. The van der Waals surface area contributed by atoms with Crippen molar-refractivity contribution in [2.75, 3.05) is 0 Å². The first-order chi connectivity index (χ1) is 6.94. The summed E-state index contributed by atoms with van der Waals surface area (Å²) in [6.45, 7) is 3.79. The van der Waals surface area contributed by atoms with Gasteiger partial charge in [0.15, 0.2) is 0 Å². The second-order valence-electron chi connectivity index (χ2n) is 4.16. The molecular weight excluding hydrogens is 215 g/mol. The summed E-state index contributed by atoms with van der Waals surface area (Å²) in [6.07, 6.45) is 2.08. The number of aliphatic hydroxyl groups is 1. The van der Waals surface area contributed by atoms with Crippen LogP contribution >= 0.6 is 11.6 Å². The summed E-state index contributed by atoms with van der Waals surface area (Å²) in [4.78, 5) is 0. The molecule has 1 nitrogen and oxygen atoms in total. The standard InChI is InChI=1S/C12H16ClFO/c1-3-6-12(2,15)8-9-4-5-10(14)7-11(9)13/h4-5,7,15H,3,6,8H2,1-2H3. The second-order valence-corrected chi connectivity index (χ2v) is 4.57. The van der Waals surface area contributed by atoms with E-state index in [0.29, 0.717) is 17.9 Å². The fraction of sp³-hybridized carbons (Fsp3) is 0.500. The largest absolute Gasteiger partial charge is 0.390 e. The highest BCUT2D eigenvalue weighted by molar-refractivity contribution is 6.31. The third-order valence-electron chi connectivity index (χ3n) is 2.37. The maximum Gasteiger partial charge on any atom is 0.124 e. The predicted octanol–water partition coefficient (Wildman–Crippen LogP) is 3.57. The molecule has 84 valence electrons. The normalized spacial score (nSPS) is 15.0. The van der Waals surface area contributed by atoms with Crippen molar-refractivity contribution in [1.82, 2.24) is 0 Å². The van der Waals surface area contributed by atoms with Crippen molar-refractivity contribution in [3.8, 4) is 0 Å². The van der Waals surface area contributed by atoms with E-state index in [-0.39, 0.29) is 5.82 Å². The molecule has 1 aromatic rings. The van der Waals surface area contributed by atoms with Gasteiger partial charge in [0.2, 0.25) is 0 Å². The van der Waals surface area contributed by atoms with Crippen LogP contribution in [0.25, 0.3) is 0 Å². The Hall–Kier alpha value is -0.600. The molecule has 0 heterocycles. The number of halogens is 2. The Balaban J connectivity index is 2.80. The van der Waals surface area contributed by atoms with E-state index in [1.165, 1.54) is 12.1 Å². The highest BCUT2D eigenvalue weighted by Gasteiger charge is 2.20. The molecule has 1 aromatic carbocycles. The fourth-order valence-corrected chi connectivity index (χ4v) is 1.94. The summed E-state index contributed by atoms with van der Waals surface area (Å²) >= 11 is 5.88. The fourth-order valence-electron chi connectivity index (χ4n) is 1.70. The molecule has 1 N–H and O–H groups in total. The van der Waals surface area contributed by atoms with Crippen LogP contribution in [0.15, 0.2) is 18.2 Å². The molecule has 0 amide bonds. The number of hydrogen-bond acceptors (Lipinski definition) is 1. The third kappa shape index (κ3) is 3.80. The van der Waals surface area contributed by atoms with E-state index in [1.807, 2.05) is 6.92 Å². The van der Waals surface area contributed by atoms with Crippen LogP contribution in [0.5, 0.6) is 0 Å². The van der Waals surface area contributed by atoms with Gasteiger partial charge in [0.1, 0.15) is 5.82 Å². The van der Waals surface area contributed by atoms with E-state index < -0.39 is 5.60 Å². The Bertz CT molecular complexity index is 336. The molecule has 15 heavy (non-hydrogen) atoms. The maximum absolute atomic E-state index is 12.8. The lowest BCUT2D eigenvalue weighted by Gasteiger charge is -2.23. The summed E-state index contributed by atoms with van der Waals surface area (Å²) in [5.41, 5.74) is 0.0208. The molecule has 0 aromatic heterocycles. The van der Waals surface area contributed by atoms with Gasteiger partial charge in [-0.3, -0.25) is 0 Å². The van der Waals surface area contributed by atoms with Crippen molar-refractivity contribution in [3.05, 3.63) is 34.6 Å². The molecule has 0 aliphatic rings. The zero-order valence-electron chi connectivity index (χ0n) is 9.06. The summed E-state index contributed by atoms with van der Waals surface area (Å²) in [5.74, 6) is -0.348. The molecule has 3 heteroatoms. The first-order valence-electron chi connectivity index (χ1n) is 5.11. The lowest BCUT2D eigenvalue weighted by atomic mass is 9.92. The summed E-state index contributed by atoms with van der Waals surface area (Å²) in [7, 11) is 0. The molecule has 0 aliphatic carbocycles. The van der Waals surface area contributed by atoms with Gasteiger partial charge in [-0.25, -0.2) is 4.39 Å². The van der Waals surface area contributed by atoms with Gasteiger partial charge in [0.05, 0.1) is 5.60 Å². The monoisotopic (exact) mass is 230 g/mol. The molecule has 0 saturated heterocycles. The Labute approximate surface area is 94.9 Å². The molecule has 0 fully saturated rings. The van der Waals surface area contributed by atoms with E-state index in [4.69, 9.17) is 11.6 Å².